The van der Waals surface area contributed by atoms with E-state index in [1.807, 2.05) is 18.7 Å². The lowest BCUT2D eigenvalue weighted by atomic mass is 10.1. The van der Waals surface area contributed by atoms with Gasteiger partial charge in [0.2, 0.25) is 5.91 Å². The summed E-state index contributed by atoms with van der Waals surface area (Å²) in [5.74, 6) is 0.163. The maximum atomic E-state index is 12.0. The third-order valence-electron chi connectivity index (χ3n) is 3.40. The van der Waals surface area contributed by atoms with Crippen LogP contribution in [0.2, 0.25) is 0 Å². The normalized spacial score (nSPS) is 16.5. The van der Waals surface area contributed by atoms with Crippen LogP contribution >= 0.6 is 0 Å². The van der Waals surface area contributed by atoms with Crippen molar-refractivity contribution < 1.29 is 14.3 Å². The van der Waals surface area contributed by atoms with Gasteiger partial charge < -0.3 is 19.7 Å². The monoisotopic (exact) mass is 272 g/mol. The highest BCUT2D eigenvalue weighted by atomic mass is 16.5. The molecule has 1 rings (SSSR count). The van der Waals surface area contributed by atoms with E-state index in [-0.39, 0.29) is 5.91 Å². The molecular weight excluding hydrogens is 244 g/mol. The molecule has 5 nitrogen and oxygen atoms in total. The number of carbonyl (C=O) groups is 1. The van der Waals surface area contributed by atoms with Gasteiger partial charge in [0.25, 0.3) is 0 Å². The molecule has 1 aliphatic rings. The second-order valence-corrected chi connectivity index (χ2v) is 4.74. The number of piperidine rings is 1. The number of ether oxygens (including phenoxy) is 2. The van der Waals surface area contributed by atoms with Crippen molar-refractivity contribution in [1.29, 1.82) is 0 Å². The second-order valence-electron chi connectivity index (χ2n) is 4.74. The van der Waals surface area contributed by atoms with Crippen molar-refractivity contribution in [3.8, 4) is 0 Å². The van der Waals surface area contributed by atoms with Crippen molar-refractivity contribution >= 4 is 5.91 Å². The Hall–Kier alpha value is -0.650. The van der Waals surface area contributed by atoms with Crippen LogP contribution in [-0.4, -0.2) is 62.9 Å². The predicted molar refractivity (Wildman–Crippen MR) is 75.2 cm³/mol. The summed E-state index contributed by atoms with van der Waals surface area (Å²) < 4.78 is 11.0. The lowest BCUT2D eigenvalue weighted by Crippen LogP contribution is -2.36. The van der Waals surface area contributed by atoms with E-state index in [9.17, 15) is 4.79 Å². The molecule has 112 valence electrons. The number of carbonyl (C=O) groups excluding carboxylic acids is 1. The van der Waals surface area contributed by atoms with Crippen molar-refractivity contribution in [2.75, 3.05) is 46.0 Å². The number of hydrogen-bond acceptors (Lipinski definition) is 4. The molecule has 1 heterocycles. The lowest BCUT2D eigenvalue weighted by molar-refractivity contribution is -0.133. The summed E-state index contributed by atoms with van der Waals surface area (Å²) in [6.07, 6.45) is 2.91. The van der Waals surface area contributed by atoms with Crippen LogP contribution in [0.25, 0.3) is 0 Å². The van der Waals surface area contributed by atoms with Crippen LogP contribution in [0.1, 0.15) is 33.1 Å². The SMILES string of the molecule is CCOCCN(CC)C(=O)CCOC1CCNCC1. The number of likely N-dealkylation sites (N-methyl/N-ethyl adjacent to an activating group) is 1. The Bertz CT molecular complexity index is 243. The zero-order chi connectivity index (χ0) is 13.9. The predicted octanol–water partition coefficient (Wildman–Crippen LogP) is 1.03. The van der Waals surface area contributed by atoms with E-state index in [0.717, 1.165) is 32.5 Å². The highest BCUT2D eigenvalue weighted by molar-refractivity contribution is 5.76. The average molecular weight is 272 g/mol. The summed E-state index contributed by atoms with van der Waals surface area (Å²) in [5.41, 5.74) is 0. The molecule has 1 N–H and O–H groups in total. The maximum Gasteiger partial charge on any atom is 0.224 e. The van der Waals surface area contributed by atoms with E-state index in [1.165, 1.54) is 0 Å². The number of nitrogens with zero attached hydrogens (tertiary/aromatic N) is 1. The Balaban J connectivity index is 2.13. The number of nitrogens with one attached hydrogen (secondary N) is 1. The quantitative estimate of drug-likeness (QED) is 0.637. The van der Waals surface area contributed by atoms with E-state index in [2.05, 4.69) is 5.32 Å². The highest BCUT2D eigenvalue weighted by Crippen LogP contribution is 2.08. The van der Waals surface area contributed by atoms with Crippen LogP contribution in [0, 0.1) is 0 Å². The Kier molecular flexibility index (Phi) is 8.79. The molecule has 0 aromatic heterocycles. The van der Waals surface area contributed by atoms with Gasteiger partial charge in [0.15, 0.2) is 0 Å². The fraction of sp³-hybridized carbons (Fsp3) is 0.929. The molecule has 0 radical (unpaired) electrons. The van der Waals surface area contributed by atoms with Crippen LogP contribution in [0.4, 0.5) is 0 Å². The first kappa shape index (κ1) is 16.4. The number of hydrogen-bond donors (Lipinski definition) is 1. The summed E-state index contributed by atoms with van der Waals surface area (Å²) in [5, 5.41) is 3.30. The van der Waals surface area contributed by atoms with E-state index in [1.54, 1.807) is 0 Å². The van der Waals surface area contributed by atoms with Gasteiger partial charge in [0, 0.05) is 19.7 Å². The van der Waals surface area contributed by atoms with Crippen LogP contribution in [-0.2, 0) is 14.3 Å². The Morgan fingerprint density at radius 2 is 2.00 bits per heavy atom. The molecule has 0 aliphatic carbocycles. The van der Waals surface area contributed by atoms with Gasteiger partial charge in [-0.05, 0) is 39.8 Å². The van der Waals surface area contributed by atoms with Gasteiger partial charge in [-0.3, -0.25) is 4.79 Å². The summed E-state index contributed by atoms with van der Waals surface area (Å²) in [4.78, 5) is 13.8. The molecule has 1 amide bonds. The van der Waals surface area contributed by atoms with Crippen molar-refractivity contribution in [3.63, 3.8) is 0 Å². The Morgan fingerprint density at radius 3 is 2.63 bits per heavy atom. The first-order chi connectivity index (χ1) is 9.27. The summed E-state index contributed by atoms with van der Waals surface area (Å²) in [6.45, 7) is 9.27. The van der Waals surface area contributed by atoms with Crippen LogP contribution in [0.3, 0.4) is 0 Å². The van der Waals surface area contributed by atoms with Crippen molar-refractivity contribution in [2.24, 2.45) is 0 Å². The topological polar surface area (TPSA) is 50.8 Å². The number of amides is 1. The van der Waals surface area contributed by atoms with Gasteiger partial charge in [-0.1, -0.05) is 0 Å². The highest BCUT2D eigenvalue weighted by Gasteiger charge is 2.15. The van der Waals surface area contributed by atoms with E-state index < -0.39 is 0 Å². The van der Waals surface area contributed by atoms with Crippen LogP contribution in [0.15, 0.2) is 0 Å². The minimum absolute atomic E-state index is 0.163. The zero-order valence-electron chi connectivity index (χ0n) is 12.3. The fourth-order valence-corrected chi connectivity index (χ4v) is 2.21. The largest absolute Gasteiger partial charge is 0.380 e. The first-order valence-electron chi connectivity index (χ1n) is 7.45. The minimum atomic E-state index is 0.163. The second kappa shape index (κ2) is 10.2. The average Bonchev–Trinajstić information content (AvgIpc) is 2.44. The third kappa shape index (κ3) is 6.89. The molecule has 0 aromatic rings. The van der Waals surface area contributed by atoms with E-state index in [4.69, 9.17) is 9.47 Å². The molecule has 0 atom stereocenters. The molecule has 19 heavy (non-hydrogen) atoms. The molecule has 0 saturated carbocycles. The molecule has 1 fully saturated rings. The molecule has 0 aromatic carbocycles. The summed E-state index contributed by atoms with van der Waals surface area (Å²) >= 11 is 0. The summed E-state index contributed by atoms with van der Waals surface area (Å²) in [7, 11) is 0. The standard InChI is InChI=1S/C14H28N2O3/c1-3-16(10-12-18-4-2)14(17)7-11-19-13-5-8-15-9-6-13/h13,15H,3-12H2,1-2H3. The maximum absolute atomic E-state index is 12.0. The van der Waals surface area contributed by atoms with Gasteiger partial charge in [-0.25, -0.2) is 0 Å². The summed E-state index contributed by atoms with van der Waals surface area (Å²) in [6, 6.07) is 0. The molecule has 0 unspecified atom stereocenters. The van der Waals surface area contributed by atoms with Crippen LogP contribution < -0.4 is 5.32 Å². The van der Waals surface area contributed by atoms with Gasteiger partial charge in [0.1, 0.15) is 0 Å². The Labute approximate surface area is 116 Å². The number of rotatable bonds is 9. The Morgan fingerprint density at radius 1 is 1.26 bits per heavy atom. The molecular formula is C14H28N2O3. The van der Waals surface area contributed by atoms with Crippen molar-refractivity contribution in [3.05, 3.63) is 0 Å². The molecule has 5 heteroatoms. The van der Waals surface area contributed by atoms with Gasteiger partial charge >= 0.3 is 0 Å². The molecule has 0 bridgehead atoms. The minimum Gasteiger partial charge on any atom is -0.380 e. The van der Waals surface area contributed by atoms with Gasteiger partial charge in [-0.15, -0.1) is 0 Å². The van der Waals surface area contributed by atoms with E-state index in [0.29, 0.717) is 38.9 Å². The first-order valence-corrected chi connectivity index (χ1v) is 7.45. The molecule has 1 aliphatic heterocycles. The van der Waals surface area contributed by atoms with Gasteiger partial charge in [-0.2, -0.15) is 0 Å². The zero-order valence-corrected chi connectivity index (χ0v) is 12.3. The van der Waals surface area contributed by atoms with Crippen molar-refractivity contribution in [2.45, 2.75) is 39.2 Å². The smallest absolute Gasteiger partial charge is 0.224 e. The third-order valence-corrected chi connectivity index (χ3v) is 3.40. The van der Waals surface area contributed by atoms with Crippen molar-refractivity contribution in [1.82, 2.24) is 10.2 Å². The van der Waals surface area contributed by atoms with Gasteiger partial charge in [0.05, 0.1) is 25.7 Å². The fourth-order valence-electron chi connectivity index (χ4n) is 2.21. The van der Waals surface area contributed by atoms with Crippen LogP contribution in [0.5, 0.6) is 0 Å². The van der Waals surface area contributed by atoms with E-state index >= 15 is 0 Å². The lowest BCUT2D eigenvalue weighted by Gasteiger charge is -2.24. The molecule has 0 spiro atoms. The molecule has 1 saturated heterocycles.